The molecule has 2 unspecified atom stereocenters. The van der Waals surface area contributed by atoms with Crippen LogP contribution in [0.2, 0.25) is 0 Å². The lowest BCUT2D eigenvalue weighted by Crippen LogP contribution is -2.42. The first-order chi connectivity index (χ1) is 8.99. The highest BCUT2D eigenvalue weighted by Gasteiger charge is 2.50. The Balaban J connectivity index is 2.30. The maximum atomic E-state index is 12.4. The number of rotatable bonds is 3. The Morgan fingerprint density at radius 2 is 2.26 bits per heavy atom. The Bertz CT molecular complexity index is 552. The molecule has 19 heavy (non-hydrogen) atoms. The molecule has 2 rings (SSSR count). The second kappa shape index (κ2) is 4.69. The first kappa shape index (κ1) is 13.0. The largest absolute Gasteiger partial charge is 0.325 e. The number of nitrogens with one attached hydrogen (secondary N) is 1. The van der Waals surface area contributed by atoms with Gasteiger partial charge in [-0.1, -0.05) is 6.07 Å². The molecule has 0 spiro atoms. The van der Waals surface area contributed by atoms with Crippen molar-refractivity contribution in [2.75, 3.05) is 6.54 Å². The van der Waals surface area contributed by atoms with E-state index in [-0.39, 0.29) is 12.5 Å². The van der Waals surface area contributed by atoms with Crippen molar-refractivity contribution in [3.8, 4) is 6.07 Å². The maximum Gasteiger partial charge on any atom is 0.325 e. The molecule has 0 aliphatic carbocycles. The van der Waals surface area contributed by atoms with Gasteiger partial charge in [-0.3, -0.25) is 14.7 Å². The Hall–Kier alpha value is -2.42. The van der Waals surface area contributed by atoms with Crippen LogP contribution in [-0.2, 0) is 10.3 Å². The second-order valence-corrected chi connectivity index (χ2v) is 4.72. The van der Waals surface area contributed by atoms with Crippen molar-refractivity contribution in [3.05, 3.63) is 30.1 Å². The predicted molar refractivity (Wildman–Crippen MR) is 66.6 cm³/mol. The van der Waals surface area contributed by atoms with E-state index in [1.54, 1.807) is 38.2 Å². The third-order valence-corrected chi connectivity index (χ3v) is 3.13. The third kappa shape index (κ3) is 2.15. The van der Waals surface area contributed by atoms with Gasteiger partial charge >= 0.3 is 6.03 Å². The van der Waals surface area contributed by atoms with Crippen LogP contribution in [0.15, 0.2) is 24.4 Å². The van der Waals surface area contributed by atoms with Crippen LogP contribution >= 0.6 is 0 Å². The lowest BCUT2D eigenvalue weighted by Gasteiger charge is -2.21. The monoisotopic (exact) mass is 258 g/mol. The zero-order valence-corrected chi connectivity index (χ0v) is 10.8. The molecule has 2 atom stereocenters. The van der Waals surface area contributed by atoms with Gasteiger partial charge in [-0.25, -0.2) is 4.79 Å². The van der Waals surface area contributed by atoms with Crippen LogP contribution in [-0.4, -0.2) is 28.4 Å². The average molecular weight is 258 g/mol. The van der Waals surface area contributed by atoms with E-state index >= 15 is 0 Å². The van der Waals surface area contributed by atoms with Gasteiger partial charge in [0, 0.05) is 12.7 Å². The molecule has 1 N–H and O–H groups in total. The highest BCUT2D eigenvalue weighted by atomic mass is 16.2. The van der Waals surface area contributed by atoms with Gasteiger partial charge in [-0.2, -0.15) is 5.26 Å². The summed E-state index contributed by atoms with van der Waals surface area (Å²) in [5, 5.41) is 11.4. The summed E-state index contributed by atoms with van der Waals surface area (Å²) < 4.78 is 0. The van der Waals surface area contributed by atoms with Crippen LogP contribution in [0.1, 0.15) is 19.5 Å². The van der Waals surface area contributed by atoms with Gasteiger partial charge in [-0.15, -0.1) is 0 Å². The van der Waals surface area contributed by atoms with Gasteiger partial charge in [0.1, 0.15) is 0 Å². The topological polar surface area (TPSA) is 86.1 Å². The number of urea groups is 1. The molecule has 0 bridgehead atoms. The SMILES string of the molecule is CC(C#N)CN1C(=O)NC(C)(c2ccccn2)C1=O. The molecule has 1 aromatic heterocycles. The number of carbonyl (C=O) groups is 2. The number of amides is 3. The molecule has 6 heteroatoms. The summed E-state index contributed by atoms with van der Waals surface area (Å²) in [5.41, 5.74) is -0.673. The smallest absolute Gasteiger partial charge is 0.318 e. The van der Waals surface area contributed by atoms with Crippen molar-refractivity contribution in [1.82, 2.24) is 15.2 Å². The van der Waals surface area contributed by atoms with E-state index < -0.39 is 17.5 Å². The van der Waals surface area contributed by atoms with Crippen LogP contribution in [0, 0.1) is 17.2 Å². The van der Waals surface area contributed by atoms with Gasteiger partial charge < -0.3 is 5.32 Å². The highest BCUT2D eigenvalue weighted by molar-refractivity contribution is 6.07. The molecule has 1 aliphatic rings. The highest BCUT2D eigenvalue weighted by Crippen LogP contribution is 2.27. The minimum absolute atomic E-state index is 0.0869. The van der Waals surface area contributed by atoms with E-state index in [4.69, 9.17) is 5.26 Å². The average Bonchev–Trinajstić information content (AvgIpc) is 2.64. The summed E-state index contributed by atoms with van der Waals surface area (Å²) in [6.45, 7) is 3.37. The molecular formula is C13H14N4O2. The number of nitrogens with zero attached hydrogens (tertiary/aromatic N) is 3. The van der Waals surface area contributed by atoms with Crippen molar-refractivity contribution in [2.24, 2.45) is 5.92 Å². The minimum Gasteiger partial charge on any atom is -0.318 e. The van der Waals surface area contributed by atoms with E-state index in [2.05, 4.69) is 10.3 Å². The molecule has 2 heterocycles. The molecule has 1 saturated heterocycles. The van der Waals surface area contributed by atoms with Crippen LogP contribution < -0.4 is 5.32 Å². The van der Waals surface area contributed by atoms with Gasteiger partial charge in [-0.05, 0) is 26.0 Å². The van der Waals surface area contributed by atoms with Crippen LogP contribution in [0.3, 0.4) is 0 Å². The molecular weight excluding hydrogens is 244 g/mol. The molecule has 3 amide bonds. The summed E-state index contributed by atoms with van der Waals surface area (Å²) in [6, 6.07) is 6.71. The Kier molecular flexibility index (Phi) is 3.21. The third-order valence-electron chi connectivity index (χ3n) is 3.13. The molecule has 98 valence electrons. The number of nitriles is 1. The molecule has 0 radical (unpaired) electrons. The van der Waals surface area contributed by atoms with Gasteiger partial charge in [0.25, 0.3) is 5.91 Å². The van der Waals surface area contributed by atoms with E-state index in [0.717, 1.165) is 4.90 Å². The van der Waals surface area contributed by atoms with Gasteiger partial charge in [0.15, 0.2) is 5.54 Å². The summed E-state index contributed by atoms with van der Waals surface area (Å²) in [4.78, 5) is 29.5. The van der Waals surface area contributed by atoms with E-state index in [1.165, 1.54) is 0 Å². The van der Waals surface area contributed by atoms with E-state index in [0.29, 0.717) is 5.69 Å². The van der Waals surface area contributed by atoms with Crippen LogP contribution in [0.5, 0.6) is 0 Å². The lowest BCUT2D eigenvalue weighted by molar-refractivity contribution is -0.131. The Morgan fingerprint density at radius 3 is 2.84 bits per heavy atom. The fourth-order valence-electron chi connectivity index (χ4n) is 2.01. The molecule has 6 nitrogen and oxygen atoms in total. The zero-order valence-electron chi connectivity index (χ0n) is 10.8. The normalized spacial score (nSPS) is 23.9. The van der Waals surface area contributed by atoms with Crippen LogP contribution in [0.4, 0.5) is 4.79 Å². The minimum atomic E-state index is -1.16. The zero-order chi connectivity index (χ0) is 14.0. The lowest BCUT2D eigenvalue weighted by atomic mass is 9.97. The fraction of sp³-hybridized carbons (Fsp3) is 0.385. The molecule has 1 aromatic rings. The Labute approximate surface area is 111 Å². The Morgan fingerprint density at radius 1 is 1.53 bits per heavy atom. The maximum absolute atomic E-state index is 12.4. The summed E-state index contributed by atoms with van der Waals surface area (Å²) in [5.74, 6) is -0.779. The second-order valence-electron chi connectivity index (χ2n) is 4.72. The van der Waals surface area contributed by atoms with Crippen molar-refractivity contribution in [2.45, 2.75) is 19.4 Å². The van der Waals surface area contributed by atoms with Crippen LogP contribution in [0.25, 0.3) is 0 Å². The number of aromatic nitrogens is 1. The number of carbonyl (C=O) groups excluding carboxylic acids is 2. The quantitative estimate of drug-likeness (QED) is 0.820. The standard InChI is InChI=1S/C13H14N4O2/c1-9(7-14)8-17-11(18)13(2,16-12(17)19)10-5-3-4-6-15-10/h3-6,9H,8H2,1-2H3,(H,16,19). The molecule has 1 aliphatic heterocycles. The molecule has 1 fully saturated rings. The van der Waals surface area contributed by atoms with E-state index in [9.17, 15) is 9.59 Å². The summed E-state index contributed by atoms with van der Waals surface area (Å²) in [6.07, 6.45) is 1.57. The molecule has 0 aromatic carbocycles. The first-order valence-corrected chi connectivity index (χ1v) is 5.94. The number of hydrogen-bond acceptors (Lipinski definition) is 4. The van der Waals surface area contributed by atoms with Gasteiger partial charge in [0.2, 0.25) is 0 Å². The first-order valence-electron chi connectivity index (χ1n) is 5.94. The van der Waals surface area contributed by atoms with Gasteiger partial charge in [0.05, 0.1) is 17.7 Å². The van der Waals surface area contributed by atoms with Crippen molar-refractivity contribution < 1.29 is 9.59 Å². The fourth-order valence-corrected chi connectivity index (χ4v) is 2.01. The number of pyridine rings is 1. The van der Waals surface area contributed by atoms with E-state index in [1.807, 2.05) is 6.07 Å². The van der Waals surface area contributed by atoms with Crippen molar-refractivity contribution in [3.63, 3.8) is 0 Å². The summed E-state index contributed by atoms with van der Waals surface area (Å²) in [7, 11) is 0. The molecule has 0 saturated carbocycles. The summed E-state index contributed by atoms with van der Waals surface area (Å²) >= 11 is 0. The van der Waals surface area contributed by atoms with Crippen molar-refractivity contribution >= 4 is 11.9 Å². The van der Waals surface area contributed by atoms with Crippen molar-refractivity contribution in [1.29, 1.82) is 5.26 Å². The number of imide groups is 1. The number of hydrogen-bond donors (Lipinski definition) is 1. The predicted octanol–water partition coefficient (Wildman–Crippen LogP) is 1.01.